The first-order valence-electron chi connectivity index (χ1n) is 11.8. The Bertz CT molecular complexity index is 905. The Hall–Kier alpha value is -2.70. The van der Waals surface area contributed by atoms with Crippen molar-refractivity contribution in [3.8, 4) is 0 Å². The normalized spacial score (nSPS) is 16.9. The van der Waals surface area contributed by atoms with Crippen molar-refractivity contribution in [1.82, 2.24) is 14.7 Å². The highest BCUT2D eigenvalue weighted by Crippen LogP contribution is 2.28. The van der Waals surface area contributed by atoms with E-state index in [0.29, 0.717) is 32.2 Å². The fraction of sp³-hybridized carbons (Fsp3) is 0.462. The molecule has 1 aliphatic heterocycles. The summed E-state index contributed by atoms with van der Waals surface area (Å²) in [5.41, 5.74) is 3.30. The van der Waals surface area contributed by atoms with E-state index in [1.165, 1.54) is 18.4 Å². The summed E-state index contributed by atoms with van der Waals surface area (Å²) < 4.78 is 0. The Kier molecular flexibility index (Phi) is 7.55. The molecular weight excluding hydrogens is 400 g/mol. The molecular formula is C26H34N4O2. The van der Waals surface area contributed by atoms with Gasteiger partial charge < -0.3 is 10.2 Å². The van der Waals surface area contributed by atoms with Gasteiger partial charge in [-0.2, -0.15) is 0 Å². The summed E-state index contributed by atoms with van der Waals surface area (Å²) in [6.45, 7) is 6.59. The number of benzene rings is 2. The van der Waals surface area contributed by atoms with Gasteiger partial charge in [-0.25, -0.2) is 0 Å². The Labute approximate surface area is 191 Å². The third-order valence-corrected chi connectivity index (χ3v) is 6.39. The second kappa shape index (κ2) is 10.7. The number of hydrogen-bond acceptors (Lipinski definition) is 4. The maximum atomic E-state index is 13.0. The van der Waals surface area contributed by atoms with Crippen LogP contribution in [0.25, 0.3) is 0 Å². The largest absolute Gasteiger partial charge is 0.339 e. The van der Waals surface area contributed by atoms with Crippen molar-refractivity contribution in [2.45, 2.75) is 38.8 Å². The van der Waals surface area contributed by atoms with E-state index in [2.05, 4.69) is 46.3 Å². The Morgan fingerprint density at radius 1 is 0.969 bits per heavy atom. The molecule has 0 bridgehead atoms. The van der Waals surface area contributed by atoms with Crippen LogP contribution < -0.4 is 5.32 Å². The van der Waals surface area contributed by atoms with E-state index in [0.717, 1.165) is 37.3 Å². The molecule has 1 heterocycles. The number of rotatable bonds is 9. The summed E-state index contributed by atoms with van der Waals surface area (Å²) in [5, 5.41) is 3.04. The molecule has 2 amide bonds. The monoisotopic (exact) mass is 434 g/mol. The highest BCUT2D eigenvalue weighted by molar-refractivity contribution is 5.93. The molecule has 0 aromatic heterocycles. The van der Waals surface area contributed by atoms with Gasteiger partial charge in [0.1, 0.15) is 0 Å². The van der Waals surface area contributed by atoms with Crippen LogP contribution in [-0.2, 0) is 22.6 Å². The lowest BCUT2D eigenvalue weighted by Crippen LogP contribution is -2.52. The third kappa shape index (κ3) is 6.17. The van der Waals surface area contributed by atoms with Gasteiger partial charge in [0.2, 0.25) is 11.8 Å². The fourth-order valence-corrected chi connectivity index (χ4v) is 4.34. The summed E-state index contributed by atoms with van der Waals surface area (Å²) >= 11 is 0. The number of amides is 2. The van der Waals surface area contributed by atoms with Crippen molar-refractivity contribution in [2.75, 3.05) is 44.6 Å². The van der Waals surface area contributed by atoms with Crippen LogP contribution >= 0.6 is 0 Å². The van der Waals surface area contributed by atoms with Crippen LogP contribution in [0.2, 0.25) is 0 Å². The van der Waals surface area contributed by atoms with E-state index >= 15 is 0 Å². The molecule has 0 spiro atoms. The van der Waals surface area contributed by atoms with Gasteiger partial charge in [0.25, 0.3) is 0 Å². The lowest BCUT2D eigenvalue weighted by molar-refractivity contribution is -0.134. The number of hydrogen-bond donors (Lipinski definition) is 1. The molecule has 0 unspecified atom stereocenters. The maximum Gasteiger partial charge on any atom is 0.238 e. The summed E-state index contributed by atoms with van der Waals surface area (Å²) in [6, 6.07) is 18.9. The molecule has 0 radical (unpaired) electrons. The van der Waals surface area contributed by atoms with Crippen molar-refractivity contribution in [2.24, 2.45) is 0 Å². The van der Waals surface area contributed by atoms with E-state index in [-0.39, 0.29) is 11.8 Å². The lowest BCUT2D eigenvalue weighted by Gasteiger charge is -2.35. The van der Waals surface area contributed by atoms with Crippen LogP contribution in [0.3, 0.4) is 0 Å². The fourth-order valence-electron chi connectivity index (χ4n) is 4.34. The van der Waals surface area contributed by atoms with Crippen LogP contribution in [-0.4, -0.2) is 71.8 Å². The Morgan fingerprint density at radius 2 is 1.66 bits per heavy atom. The van der Waals surface area contributed by atoms with Gasteiger partial charge in [-0.3, -0.25) is 19.4 Å². The average Bonchev–Trinajstić information content (AvgIpc) is 3.66. The zero-order valence-electron chi connectivity index (χ0n) is 19.0. The zero-order chi connectivity index (χ0) is 22.3. The van der Waals surface area contributed by atoms with Gasteiger partial charge >= 0.3 is 0 Å². The quantitative estimate of drug-likeness (QED) is 0.659. The molecule has 0 atom stereocenters. The molecule has 170 valence electrons. The van der Waals surface area contributed by atoms with Gasteiger partial charge in [0.05, 0.1) is 13.1 Å². The van der Waals surface area contributed by atoms with E-state index in [1.807, 2.05) is 35.2 Å². The topological polar surface area (TPSA) is 55.9 Å². The first kappa shape index (κ1) is 22.5. The van der Waals surface area contributed by atoms with E-state index in [1.54, 1.807) is 0 Å². The minimum atomic E-state index is 0.00782. The van der Waals surface area contributed by atoms with Crippen molar-refractivity contribution in [3.05, 3.63) is 65.7 Å². The van der Waals surface area contributed by atoms with Crippen molar-refractivity contribution >= 4 is 17.5 Å². The summed E-state index contributed by atoms with van der Waals surface area (Å²) in [7, 11) is 0. The standard InChI is InChI=1S/C26H34N4O2/c1-2-22-10-6-7-11-24(22)27-25(31)19-28-14-16-29(17-15-28)26(32)20-30(23-12-13-23)18-21-8-4-3-5-9-21/h3-11,23H,2,12-20H2,1H3,(H,27,31). The van der Waals surface area contributed by atoms with Crippen LogP contribution in [0.1, 0.15) is 30.9 Å². The summed E-state index contributed by atoms with van der Waals surface area (Å²) in [5.74, 6) is 0.210. The van der Waals surface area contributed by atoms with Crippen LogP contribution in [0.5, 0.6) is 0 Å². The number of aryl methyl sites for hydroxylation is 1. The summed E-state index contributed by atoms with van der Waals surface area (Å²) in [4.78, 5) is 31.9. The molecule has 1 saturated heterocycles. The van der Waals surface area contributed by atoms with Gasteiger partial charge in [-0.15, -0.1) is 0 Å². The predicted octanol–water partition coefficient (Wildman–Crippen LogP) is 3.00. The van der Waals surface area contributed by atoms with Gasteiger partial charge in [-0.05, 0) is 36.5 Å². The number of piperazine rings is 1. The van der Waals surface area contributed by atoms with Crippen LogP contribution in [0.15, 0.2) is 54.6 Å². The summed E-state index contributed by atoms with van der Waals surface area (Å²) in [6.07, 6.45) is 3.26. The molecule has 6 nitrogen and oxygen atoms in total. The Balaban J connectivity index is 1.23. The number of anilines is 1. The number of nitrogens with zero attached hydrogens (tertiary/aromatic N) is 3. The molecule has 1 aliphatic carbocycles. The number of carbonyl (C=O) groups is 2. The van der Waals surface area contributed by atoms with Crippen LogP contribution in [0.4, 0.5) is 5.69 Å². The first-order valence-corrected chi connectivity index (χ1v) is 11.8. The van der Waals surface area contributed by atoms with E-state index < -0.39 is 0 Å². The smallest absolute Gasteiger partial charge is 0.238 e. The minimum Gasteiger partial charge on any atom is -0.339 e. The molecule has 2 aromatic rings. The van der Waals surface area contributed by atoms with Crippen molar-refractivity contribution < 1.29 is 9.59 Å². The third-order valence-electron chi connectivity index (χ3n) is 6.39. The SMILES string of the molecule is CCc1ccccc1NC(=O)CN1CCN(C(=O)CN(Cc2ccccc2)C2CC2)CC1. The molecule has 1 saturated carbocycles. The van der Waals surface area contributed by atoms with Gasteiger partial charge in [0, 0.05) is 44.5 Å². The highest BCUT2D eigenvalue weighted by Gasteiger charge is 2.32. The zero-order valence-corrected chi connectivity index (χ0v) is 19.0. The van der Waals surface area contributed by atoms with Gasteiger partial charge in [0.15, 0.2) is 0 Å². The molecule has 32 heavy (non-hydrogen) atoms. The highest BCUT2D eigenvalue weighted by atomic mass is 16.2. The van der Waals surface area contributed by atoms with E-state index in [9.17, 15) is 9.59 Å². The van der Waals surface area contributed by atoms with Gasteiger partial charge in [-0.1, -0.05) is 55.5 Å². The number of nitrogens with one attached hydrogen (secondary N) is 1. The second-order valence-electron chi connectivity index (χ2n) is 8.84. The maximum absolute atomic E-state index is 13.0. The lowest BCUT2D eigenvalue weighted by atomic mass is 10.1. The minimum absolute atomic E-state index is 0.00782. The second-order valence-corrected chi connectivity index (χ2v) is 8.84. The first-order chi connectivity index (χ1) is 15.6. The Morgan fingerprint density at radius 3 is 2.34 bits per heavy atom. The molecule has 2 aromatic carbocycles. The molecule has 2 fully saturated rings. The van der Waals surface area contributed by atoms with E-state index in [4.69, 9.17) is 0 Å². The molecule has 4 rings (SSSR count). The van der Waals surface area contributed by atoms with Crippen LogP contribution in [0, 0.1) is 0 Å². The van der Waals surface area contributed by atoms with Crippen molar-refractivity contribution in [3.63, 3.8) is 0 Å². The number of carbonyl (C=O) groups excluding carboxylic acids is 2. The van der Waals surface area contributed by atoms with Crippen molar-refractivity contribution in [1.29, 1.82) is 0 Å². The number of para-hydroxylation sites is 1. The molecule has 1 N–H and O–H groups in total. The molecule has 2 aliphatic rings. The average molecular weight is 435 g/mol. The molecule has 6 heteroatoms. The predicted molar refractivity (Wildman–Crippen MR) is 127 cm³/mol.